The maximum atomic E-state index is 12.3. The summed E-state index contributed by atoms with van der Waals surface area (Å²) < 4.78 is 1.83. The number of rotatable bonds is 6. The number of hydrogen-bond acceptors (Lipinski definition) is 4. The van der Waals surface area contributed by atoms with Crippen molar-refractivity contribution < 1.29 is 9.59 Å². The first-order chi connectivity index (χ1) is 12.7. The summed E-state index contributed by atoms with van der Waals surface area (Å²) in [5, 5.41) is 8.36. The van der Waals surface area contributed by atoms with Gasteiger partial charge in [0.1, 0.15) is 5.69 Å². The van der Waals surface area contributed by atoms with Gasteiger partial charge in [-0.3, -0.25) is 9.59 Å². The van der Waals surface area contributed by atoms with Crippen molar-refractivity contribution in [1.29, 1.82) is 0 Å². The monoisotopic (exact) mass is 353 g/mol. The summed E-state index contributed by atoms with van der Waals surface area (Å²) in [7, 11) is 0. The molecule has 0 bridgehead atoms. The number of nitrogens with zero attached hydrogens (tertiary/aromatic N) is 5. The normalized spacial score (nSPS) is 17.6. The van der Waals surface area contributed by atoms with E-state index in [1.807, 2.05) is 51.0 Å². The van der Waals surface area contributed by atoms with Crippen LogP contribution in [0, 0.1) is 0 Å². The number of aromatic nitrogens is 3. The van der Waals surface area contributed by atoms with Crippen LogP contribution < -0.4 is 0 Å². The Bertz CT molecular complexity index is 782. The molecule has 7 nitrogen and oxygen atoms in total. The van der Waals surface area contributed by atoms with Gasteiger partial charge in [0.05, 0.1) is 18.8 Å². The van der Waals surface area contributed by atoms with E-state index in [-0.39, 0.29) is 17.9 Å². The average molecular weight is 353 g/mol. The molecule has 26 heavy (non-hydrogen) atoms. The Morgan fingerprint density at radius 3 is 2.73 bits per heavy atom. The summed E-state index contributed by atoms with van der Waals surface area (Å²) in [6.07, 6.45) is 4.78. The molecule has 0 unspecified atom stereocenters. The molecule has 0 spiro atoms. The van der Waals surface area contributed by atoms with Crippen LogP contribution in [0.15, 0.2) is 36.5 Å². The first-order valence-corrected chi connectivity index (χ1v) is 9.19. The zero-order valence-electron chi connectivity index (χ0n) is 14.8. The van der Waals surface area contributed by atoms with Gasteiger partial charge >= 0.3 is 0 Å². The molecule has 0 aliphatic carbocycles. The van der Waals surface area contributed by atoms with Crippen LogP contribution in [0.25, 0.3) is 0 Å². The second-order valence-electron chi connectivity index (χ2n) is 7.05. The van der Waals surface area contributed by atoms with Crippen molar-refractivity contribution in [1.82, 2.24) is 24.8 Å². The van der Waals surface area contributed by atoms with Crippen molar-refractivity contribution in [2.24, 2.45) is 0 Å². The van der Waals surface area contributed by atoms with Crippen molar-refractivity contribution >= 4 is 11.8 Å². The highest BCUT2D eigenvalue weighted by molar-refractivity contribution is 5.78. The maximum absolute atomic E-state index is 12.3. The van der Waals surface area contributed by atoms with Gasteiger partial charge in [-0.25, -0.2) is 4.68 Å². The Labute approximate surface area is 152 Å². The summed E-state index contributed by atoms with van der Waals surface area (Å²) in [6.45, 7) is 2.70. The number of amides is 2. The van der Waals surface area contributed by atoms with Crippen LogP contribution in [0.4, 0.5) is 0 Å². The molecule has 7 heteroatoms. The number of carbonyl (C=O) groups excluding carboxylic acids is 2. The molecule has 0 atom stereocenters. The van der Waals surface area contributed by atoms with Gasteiger partial charge in [-0.1, -0.05) is 35.5 Å². The minimum absolute atomic E-state index is 0.186. The molecule has 4 rings (SSSR count). The van der Waals surface area contributed by atoms with Crippen molar-refractivity contribution in [2.45, 2.75) is 38.3 Å². The van der Waals surface area contributed by atoms with E-state index < -0.39 is 0 Å². The molecule has 3 heterocycles. The molecule has 2 saturated heterocycles. The molecular weight excluding hydrogens is 330 g/mol. The van der Waals surface area contributed by atoms with Crippen molar-refractivity contribution in [3.8, 4) is 0 Å². The highest BCUT2D eigenvalue weighted by atomic mass is 16.2. The lowest BCUT2D eigenvalue weighted by Crippen LogP contribution is -2.51. The van der Waals surface area contributed by atoms with E-state index in [9.17, 15) is 9.59 Å². The molecular formula is C19H23N5O2. The van der Waals surface area contributed by atoms with Gasteiger partial charge in [-0.05, 0) is 18.4 Å². The smallest absolute Gasteiger partial charge is 0.223 e. The Balaban J connectivity index is 1.24. The van der Waals surface area contributed by atoms with E-state index >= 15 is 0 Å². The highest BCUT2D eigenvalue weighted by Crippen LogP contribution is 2.22. The lowest BCUT2D eigenvalue weighted by Gasteiger charge is -2.39. The third-order valence-electron chi connectivity index (χ3n) is 5.14. The van der Waals surface area contributed by atoms with Gasteiger partial charge in [0.25, 0.3) is 0 Å². The lowest BCUT2D eigenvalue weighted by atomic mass is 10.1. The molecule has 2 amide bonds. The fourth-order valence-corrected chi connectivity index (χ4v) is 3.51. The number of aryl methyl sites for hydroxylation is 1. The van der Waals surface area contributed by atoms with E-state index in [4.69, 9.17) is 0 Å². The molecule has 0 N–H and O–H groups in total. The molecule has 1 aromatic carbocycles. The Kier molecular flexibility index (Phi) is 4.69. The van der Waals surface area contributed by atoms with Crippen LogP contribution in [-0.2, 0) is 22.6 Å². The number of benzene rings is 1. The Morgan fingerprint density at radius 2 is 2.00 bits per heavy atom. The fourth-order valence-electron chi connectivity index (χ4n) is 3.51. The highest BCUT2D eigenvalue weighted by Gasteiger charge is 2.32. The number of carbonyl (C=O) groups is 2. The van der Waals surface area contributed by atoms with Crippen LogP contribution in [0.5, 0.6) is 0 Å². The quantitative estimate of drug-likeness (QED) is 0.787. The van der Waals surface area contributed by atoms with E-state index in [0.29, 0.717) is 32.5 Å². The molecule has 2 aliphatic heterocycles. The fraction of sp³-hybridized carbons (Fsp3) is 0.474. The van der Waals surface area contributed by atoms with Crippen molar-refractivity contribution in [2.75, 3.05) is 19.6 Å². The van der Waals surface area contributed by atoms with Crippen LogP contribution in [0.3, 0.4) is 0 Å². The zero-order valence-corrected chi connectivity index (χ0v) is 14.8. The summed E-state index contributed by atoms with van der Waals surface area (Å²) in [5.41, 5.74) is 2.00. The summed E-state index contributed by atoms with van der Waals surface area (Å²) in [6, 6.07) is 10.3. The standard InChI is InChI=1S/C19H23N5O2/c25-18-7-4-10-22(18)11-16-12-24(21-20-16)17-13-23(14-17)19(26)9-8-15-5-2-1-3-6-15/h1-3,5-6,12,17H,4,7-11,13-14H2. The minimum Gasteiger partial charge on any atom is -0.338 e. The third-order valence-corrected chi connectivity index (χ3v) is 5.14. The molecule has 0 radical (unpaired) electrons. The molecule has 136 valence electrons. The largest absolute Gasteiger partial charge is 0.338 e. The summed E-state index contributed by atoms with van der Waals surface area (Å²) in [5.74, 6) is 0.381. The molecule has 0 saturated carbocycles. The van der Waals surface area contributed by atoms with Crippen LogP contribution in [0.2, 0.25) is 0 Å². The summed E-state index contributed by atoms with van der Waals surface area (Å²) >= 11 is 0. The van der Waals surface area contributed by atoms with E-state index in [1.165, 1.54) is 5.56 Å². The van der Waals surface area contributed by atoms with Gasteiger partial charge in [-0.2, -0.15) is 0 Å². The lowest BCUT2D eigenvalue weighted by molar-refractivity contribution is -0.137. The predicted molar refractivity (Wildman–Crippen MR) is 95.1 cm³/mol. The summed E-state index contributed by atoms with van der Waals surface area (Å²) in [4.78, 5) is 27.7. The van der Waals surface area contributed by atoms with Crippen molar-refractivity contribution in [3.05, 3.63) is 47.8 Å². The first kappa shape index (κ1) is 16.8. The average Bonchev–Trinajstić information content (AvgIpc) is 3.23. The van der Waals surface area contributed by atoms with Crippen LogP contribution in [0.1, 0.15) is 36.6 Å². The predicted octanol–water partition coefficient (Wildman–Crippen LogP) is 1.42. The third kappa shape index (κ3) is 3.61. The second kappa shape index (κ2) is 7.27. The van der Waals surface area contributed by atoms with Crippen molar-refractivity contribution in [3.63, 3.8) is 0 Å². The molecule has 2 aromatic rings. The van der Waals surface area contributed by atoms with E-state index in [1.54, 1.807) is 0 Å². The Morgan fingerprint density at radius 1 is 1.19 bits per heavy atom. The molecule has 2 fully saturated rings. The van der Waals surface area contributed by atoms with Gasteiger partial charge in [0.15, 0.2) is 0 Å². The SMILES string of the molecule is O=C1CCCN1Cc1cn(C2CN(C(=O)CCc3ccccc3)C2)nn1. The van der Waals surface area contributed by atoms with Gasteiger partial charge < -0.3 is 9.80 Å². The van der Waals surface area contributed by atoms with Gasteiger partial charge in [0, 0.05) is 32.5 Å². The molecule has 2 aliphatic rings. The number of hydrogen-bond donors (Lipinski definition) is 0. The van der Waals surface area contributed by atoms with Gasteiger partial charge in [-0.15, -0.1) is 5.10 Å². The van der Waals surface area contributed by atoms with Crippen LogP contribution >= 0.6 is 0 Å². The first-order valence-electron chi connectivity index (χ1n) is 9.19. The van der Waals surface area contributed by atoms with E-state index in [0.717, 1.165) is 25.1 Å². The van der Waals surface area contributed by atoms with Gasteiger partial charge in [0.2, 0.25) is 11.8 Å². The minimum atomic E-state index is 0.186. The topological polar surface area (TPSA) is 71.3 Å². The Hall–Kier alpha value is -2.70. The van der Waals surface area contributed by atoms with Crippen LogP contribution in [-0.4, -0.2) is 56.2 Å². The maximum Gasteiger partial charge on any atom is 0.223 e. The van der Waals surface area contributed by atoms with E-state index in [2.05, 4.69) is 10.3 Å². The zero-order chi connectivity index (χ0) is 17.9. The second-order valence-corrected chi connectivity index (χ2v) is 7.05. The number of likely N-dealkylation sites (tertiary alicyclic amines) is 2. The molecule has 1 aromatic heterocycles.